The van der Waals surface area contributed by atoms with Crippen LogP contribution in [0.4, 0.5) is 5.69 Å². The number of hydrogen-bond acceptors (Lipinski definition) is 2. The van der Waals surface area contributed by atoms with Crippen LogP contribution >= 0.6 is 22.9 Å². The van der Waals surface area contributed by atoms with E-state index in [9.17, 15) is 4.79 Å². The summed E-state index contributed by atoms with van der Waals surface area (Å²) < 4.78 is 1.04. The minimum atomic E-state index is -0.142. The Kier molecular flexibility index (Phi) is 4.66. The first kappa shape index (κ1) is 17.0. The van der Waals surface area contributed by atoms with E-state index in [4.69, 9.17) is 11.6 Å². The number of anilines is 1. The number of hydrogen-bond donors (Lipinski definition) is 1. The van der Waals surface area contributed by atoms with Crippen LogP contribution in [0.1, 0.15) is 46.1 Å². The first-order chi connectivity index (χ1) is 11.4. The average Bonchev–Trinajstić information content (AvgIpc) is 2.87. The van der Waals surface area contributed by atoms with Crippen molar-refractivity contribution in [3.63, 3.8) is 0 Å². The molecule has 3 aromatic rings. The predicted octanol–water partition coefficient (Wildman–Crippen LogP) is 6.55. The maximum Gasteiger partial charge on any atom is 0.267 e. The van der Waals surface area contributed by atoms with Crippen LogP contribution in [0.3, 0.4) is 0 Å². The fraction of sp³-hybridized carbons (Fsp3) is 0.250. The van der Waals surface area contributed by atoms with Crippen LogP contribution in [0.15, 0.2) is 36.4 Å². The number of carbonyl (C=O) groups is 1. The lowest BCUT2D eigenvalue weighted by Gasteiger charge is -2.16. The van der Waals surface area contributed by atoms with Crippen molar-refractivity contribution < 1.29 is 4.79 Å². The van der Waals surface area contributed by atoms with Gasteiger partial charge in [0.2, 0.25) is 0 Å². The van der Waals surface area contributed by atoms with Crippen LogP contribution in [-0.4, -0.2) is 5.91 Å². The lowest BCUT2D eigenvalue weighted by Crippen LogP contribution is -2.14. The Morgan fingerprint density at radius 2 is 1.75 bits per heavy atom. The Morgan fingerprint density at radius 3 is 2.42 bits per heavy atom. The number of halogens is 1. The lowest BCUT2D eigenvalue weighted by atomic mass is 9.98. The highest BCUT2D eigenvalue weighted by molar-refractivity contribution is 7.21. The van der Waals surface area contributed by atoms with Crippen molar-refractivity contribution in [2.45, 2.75) is 33.6 Å². The summed E-state index contributed by atoms with van der Waals surface area (Å²) in [5, 5.41) is 4.61. The van der Waals surface area contributed by atoms with E-state index in [1.54, 1.807) is 0 Å². The van der Waals surface area contributed by atoms with E-state index in [1.165, 1.54) is 11.3 Å². The molecule has 0 fully saturated rings. The summed E-state index contributed by atoms with van der Waals surface area (Å²) in [5.41, 5.74) is 4.18. The van der Waals surface area contributed by atoms with Crippen molar-refractivity contribution >= 4 is 44.6 Å². The molecule has 24 heavy (non-hydrogen) atoms. The maximum atomic E-state index is 12.9. The van der Waals surface area contributed by atoms with Crippen molar-refractivity contribution in [2.75, 3.05) is 5.32 Å². The zero-order valence-corrected chi connectivity index (χ0v) is 15.8. The third-order valence-corrected chi connectivity index (χ3v) is 5.88. The highest BCUT2D eigenvalue weighted by Gasteiger charge is 2.20. The molecule has 0 spiro atoms. The number of carbonyl (C=O) groups excluding carboxylic acids is 1. The molecule has 0 saturated heterocycles. The molecule has 0 unspecified atom stereocenters. The molecule has 0 aliphatic rings. The maximum absolute atomic E-state index is 12.9. The van der Waals surface area contributed by atoms with Crippen LogP contribution in [0.2, 0.25) is 5.02 Å². The molecule has 4 heteroatoms. The molecular formula is C20H20ClNOS. The number of para-hydroxylation sites is 1. The highest BCUT2D eigenvalue weighted by atomic mass is 35.5. The standard InChI is InChI=1S/C20H20ClNOS/c1-11(2)14-9-5-8-13(4)18(14)22-20(23)19-17(21)16-12(3)7-6-10-15(16)24-19/h5-11H,1-4H3,(H,22,23). The summed E-state index contributed by atoms with van der Waals surface area (Å²) in [6, 6.07) is 12.1. The number of aryl methyl sites for hydroxylation is 2. The molecule has 1 heterocycles. The third kappa shape index (κ3) is 2.94. The minimum Gasteiger partial charge on any atom is -0.321 e. The van der Waals surface area contributed by atoms with Crippen LogP contribution < -0.4 is 5.32 Å². The van der Waals surface area contributed by atoms with Crippen molar-refractivity contribution in [1.82, 2.24) is 0 Å². The van der Waals surface area contributed by atoms with Gasteiger partial charge in [-0.25, -0.2) is 0 Å². The summed E-state index contributed by atoms with van der Waals surface area (Å²) in [6.07, 6.45) is 0. The SMILES string of the molecule is Cc1cccc(C(C)C)c1NC(=O)c1sc2cccc(C)c2c1Cl. The molecule has 124 valence electrons. The second kappa shape index (κ2) is 6.58. The molecule has 2 aromatic carbocycles. The molecular weight excluding hydrogens is 338 g/mol. The van der Waals surface area contributed by atoms with E-state index < -0.39 is 0 Å². The lowest BCUT2D eigenvalue weighted by molar-refractivity contribution is 0.103. The molecule has 2 nitrogen and oxygen atoms in total. The van der Waals surface area contributed by atoms with Gasteiger partial charge in [-0.1, -0.05) is 55.8 Å². The molecule has 1 N–H and O–H groups in total. The van der Waals surface area contributed by atoms with Gasteiger partial charge in [0.15, 0.2) is 0 Å². The van der Waals surface area contributed by atoms with Crippen LogP contribution in [0, 0.1) is 13.8 Å². The zero-order chi connectivity index (χ0) is 17.4. The Balaban J connectivity index is 2.03. The van der Waals surface area contributed by atoms with Crippen molar-refractivity contribution in [2.24, 2.45) is 0 Å². The number of benzene rings is 2. The number of nitrogens with one attached hydrogen (secondary N) is 1. The van der Waals surface area contributed by atoms with Gasteiger partial charge in [-0.3, -0.25) is 4.79 Å². The smallest absolute Gasteiger partial charge is 0.267 e. The van der Waals surface area contributed by atoms with Gasteiger partial charge in [-0.2, -0.15) is 0 Å². The summed E-state index contributed by atoms with van der Waals surface area (Å²) >= 11 is 7.96. The summed E-state index contributed by atoms with van der Waals surface area (Å²) in [5.74, 6) is 0.192. The van der Waals surface area contributed by atoms with Gasteiger partial charge >= 0.3 is 0 Å². The Morgan fingerprint density at radius 1 is 1.08 bits per heavy atom. The van der Waals surface area contributed by atoms with Gasteiger partial charge in [0.25, 0.3) is 5.91 Å². The van der Waals surface area contributed by atoms with Gasteiger partial charge in [-0.05, 0) is 42.5 Å². The molecule has 1 aromatic heterocycles. The number of amides is 1. The molecule has 1 amide bonds. The van der Waals surface area contributed by atoms with Crippen LogP contribution in [0.5, 0.6) is 0 Å². The summed E-state index contributed by atoms with van der Waals surface area (Å²) in [6.45, 7) is 8.28. The van der Waals surface area contributed by atoms with Crippen molar-refractivity contribution in [3.8, 4) is 0 Å². The Labute approximate surface area is 151 Å². The van der Waals surface area contributed by atoms with Gasteiger partial charge in [0.05, 0.1) is 5.02 Å². The van der Waals surface area contributed by atoms with E-state index in [1.807, 2.05) is 44.2 Å². The molecule has 0 atom stereocenters. The van der Waals surface area contributed by atoms with Crippen LogP contribution in [0.25, 0.3) is 10.1 Å². The summed E-state index contributed by atoms with van der Waals surface area (Å²) in [4.78, 5) is 13.4. The molecule has 0 aliphatic carbocycles. The predicted molar refractivity (Wildman–Crippen MR) is 105 cm³/mol. The molecule has 0 bridgehead atoms. The average molecular weight is 358 g/mol. The van der Waals surface area contributed by atoms with E-state index in [0.717, 1.165) is 32.5 Å². The second-order valence-electron chi connectivity index (χ2n) is 6.34. The van der Waals surface area contributed by atoms with E-state index in [2.05, 4.69) is 25.2 Å². The van der Waals surface area contributed by atoms with E-state index in [-0.39, 0.29) is 5.91 Å². The first-order valence-corrected chi connectivity index (χ1v) is 9.18. The van der Waals surface area contributed by atoms with Gasteiger partial charge in [0, 0.05) is 15.8 Å². The zero-order valence-electron chi connectivity index (χ0n) is 14.2. The fourth-order valence-electron chi connectivity index (χ4n) is 2.93. The Hall–Kier alpha value is -1.84. The number of thiophene rings is 1. The topological polar surface area (TPSA) is 29.1 Å². The largest absolute Gasteiger partial charge is 0.321 e. The minimum absolute atomic E-state index is 0.142. The number of fused-ring (bicyclic) bond motifs is 1. The number of rotatable bonds is 3. The summed E-state index contributed by atoms with van der Waals surface area (Å²) in [7, 11) is 0. The fourth-order valence-corrected chi connectivity index (χ4v) is 4.51. The monoisotopic (exact) mass is 357 g/mol. The van der Waals surface area contributed by atoms with Crippen molar-refractivity contribution in [3.05, 3.63) is 63.0 Å². The second-order valence-corrected chi connectivity index (χ2v) is 7.77. The molecule has 3 rings (SSSR count). The quantitative estimate of drug-likeness (QED) is 0.566. The normalized spacial score (nSPS) is 11.2. The molecule has 0 aliphatic heterocycles. The van der Waals surface area contributed by atoms with Crippen molar-refractivity contribution in [1.29, 1.82) is 0 Å². The highest BCUT2D eigenvalue weighted by Crippen LogP contribution is 2.38. The van der Waals surface area contributed by atoms with E-state index >= 15 is 0 Å². The first-order valence-electron chi connectivity index (χ1n) is 7.98. The molecule has 0 saturated carbocycles. The van der Waals surface area contributed by atoms with Gasteiger partial charge in [-0.15, -0.1) is 11.3 Å². The Bertz CT molecular complexity index is 927. The van der Waals surface area contributed by atoms with Gasteiger partial charge < -0.3 is 5.32 Å². The van der Waals surface area contributed by atoms with Gasteiger partial charge in [0.1, 0.15) is 4.88 Å². The van der Waals surface area contributed by atoms with E-state index in [0.29, 0.717) is 15.8 Å². The van der Waals surface area contributed by atoms with Crippen LogP contribution in [-0.2, 0) is 0 Å². The molecule has 0 radical (unpaired) electrons. The third-order valence-electron chi connectivity index (χ3n) is 4.24.